The Balaban J connectivity index is 2.89. The molecule has 3 N–H and O–H groups in total. The molecule has 0 unspecified atom stereocenters. The lowest BCUT2D eigenvalue weighted by Crippen LogP contribution is -2.39. The minimum atomic E-state index is -0.228. The number of anilines is 1. The first-order chi connectivity index (χ1) is 9.43. The number of carbonyl (C=O) groups excluding carboxylic acids is 1. The highest BCUT2D eigenvalue weighted by molar-refractivity contribution is 5.91. The van der Waals surface area contributed by atoms with Crippen molar-refractivity contribution in [3.63, 3.8) is 0 Å². The van der Waals surface area contributed by atoms with Crippen molar-refractivity contribution in [3.05, 3.63) is 17.8 Å². The van der Waals surface area contributed by atoms with Gasteiger partial charge in [-0.1, -0.05) is 20.8 Å². The van der Waals surface area contributed by atoms with Crippen molar-refractivity contribution in [3.8, 4) is 0 Å². The Morgan fingerprint density at radius 2 is 2.10 bits per heavy atom. The monoisotopic (exact) mass is 279 g/mol. The van der Waals surface area contributed by atoms with Crippen molar-refractivity contribution >= 4 is 11.7 Å². The second-order valence-electron chi connectivity index (χ2n) is 5.65. The molecule has 1 rings (SSSR count). The molecule has 1 aromatic rings. The maximum absolute atomic E-state index is 11.5. The lowest BCUT2D eigenvalue weighted by molar-refractivity contribution is 0.0957. The molecule has 112 valence electrons. The summed E-state index contributed by atoms with van der Waals surface area (Å²) >= 11 is 0. The largest absolute Gasteiger partial charge is 0.355 e. The summed E-state index contributed by atoms with van der Waals surface area (Å²) in [5, 5.41) is 10.7. The van der Waals surface area contributed by atoms with Crippen LogP contribution in [0.3, 0.4) is 0 Å². The van der Waals surface area contributed by atoms with E-state index in [1.54, 1.807) is 13.1 Å². The van der Waals surface area contributed by atoms with Crippen molar-refractivity contribution in [2.75, 3.05) is 31.6 Å². The second kappa shape index (κ2) is 7.19. The summed E-state index contributed by atoms with van der Waals surface area (Å²) in [5.74, 6) is 0.550. The lowest BCUT2D eigenvalue weighted by Gasteiger charge is -2.32. The van der Waals surface area contributed by atoms with Crippen LogP contribution in [-0.2, 0) is 0 Å². The molecular weight excluding hydrogens is 254 g/mol. The molecule has 0 atom stereocenters. The van der Waals surface area contributed by atoms with Gasteiger partial charge in [-0.25, -0.2) is 0 Å². The summed E-state index contributed by atoms with van der Waals surface area (Å²) in [6.07, 6.45) is 1.01. The van der Waals surface area contributed by atoms with Crippen LogP contribution in [0.4, 0.5) is 5.82 Å². The van der Waals surface area contributed by atoms with Crippen LogP contribution in [-0.4, -0.2) is 42.8 Å². The van der Waals surface area contributed by atoms with E-state index in [4.69, 9.17) is 5.73 Å². The third-order valence-corrected chi connectivity index (χ3v) is 3.10. The van der Waals surface area contributed by atoms with Crippen LogP contribution in [0.15, 0.2) is 12.1 Å². The zero-order valence-electron chi connectivity index (χ0n) is 12.8. The highest BCUT2D eigenvalue weighted by Gasteiger charge is 2.21. The Kier molecular flexibility index (Phi) is 5.88. The average molecular weight is 279 g/mol. The smallest absolute Gasteiger partial charge is 0.271 e. The molecule has 1 heterocycles. The number of nitrogens with zero attached hydrogens (tertiary/aromatic N) is 3. The van der Waals surface area contributed by atoms with Crippen LogP contribution in [0.25, 0.3) is 0 Å². The van der Waals surface area contributed by atoms with E-state index in [0.29, 0.717) is 12.2 Å². The molecule has 0 saturated carbocycles. The van der Waals surface area contributed by atoms with Gasteiger partial charge in [0.25, 0.3) is 5.91 Å². The number of nitrogens with two attached hydrogens (primary N) is 1. The number of hydrogen-bond acceptors (Lipinski definition) is 5. The van der Waals surface area contributed by atoms with Gasteiger partial charge in [-0.15, -0.1) is 10.2 Å². The SMILES string of the molecule is CCCN(CC(C)(C)CN)c1ccc(C(=O)NC)nn1. The number of amides is 1. The normalized spacial score (nSPS) is 11.2. The summed E-state index contributed by atoms with van der Waals surface area (Å²) in [7, 11) is 1.57. The predicted molar refractivity (Wildman–Crippen MR) is 80.8 cm³/mol. The molecule has 0 aliphatic rings. The van der Waals surface area contributed by atoms with E-state index in [-0.39, 0.29) is 11.3 Å². The van der Waals surface area contributed by atoms with E-state index in [0.717, 1.165) is 25.3 Å². The summed E-state index contributed by atoms with van der Waals surface area (Å²) < 4.78 is 0. The topological polar surface area (TPSA) is 84.1 Å². The minimum absolute atomic E-state index is 0.0102. The second-order valence-corrected chi connectivity index (χ2v) is 5.65. The van der Waals surface area contributed by atoms with Crippen molar-refractivity contribution in [2.45, 2.75) is 27.2 Å². The lowest BCUT2D eigenvalue weighted by atomic mass is 9.93. The van der Waals surface area contributed by atoms with Crippen LogP contribution in [0.2, 0.25) is 0 Å². The minimum Gasteiger partial charge on any atom is -0.355 e. The number of nitrogens with one attached hydrogen (secondary N) is 1. The van der Waals surface area contributed by atoms with Crippen molar-refractivity contribution in [1.29, 1.82) is 0 Å². The predicted octanol–water partition coefficient (Wildman–Crippen LogP) is 1.04. The molecule has 0 aliphatic carbocycles. The summed E-state index contributed by atoms with van der Waals surface area (Å²) in [6.45, 7) is 8.68. The highest BCUT2D eigenvalue weighted by Crippen LogP contribution is 2.19. The zero-order chi connectivity index (χ0) is 15.2. The van der Waals surface area contributed by atoms with E-state index in [1.807, 2.05) is 6.07 Å². The van der Waals surface area contributed by atoms with E-state index in [9.17, 15) is 4.79 Å². The third-order valence-electron chi connectivity index (χ3n) is 3.10. The first-order valence-corrected chi connectivity index (χ1v) is 6.94. The van der Waals surface area contributed by atoms with Gasteiger partial charge in [0.2, 0.25) is 0 Å². The van der Waals surface area contributed by atoms with Crippen LogP contribution < -0.4 is 16.0 Å². The van der Waals surface area contributed by atoms with E-state index in [2.05, 4.69) is 41.2 Å². The van der Waals surface area contributed by atoms with Crippen LogP contribution in [0.1, 0.15) is 37.7 Å². The fourth-order valence-electron chi connectivity index (χ4n) is 1.87. The van der Waals surface area contributed by atoms with Gasteiger partial charge in [-0.2, -0.15) is 0 Å². The maximum Gasteiger partial charge on any atom is 0.271 e. The molecule has 0 bridgehead atoms. The van der Waals surface area contributed by atoms with E-state index in [1.165, 1.54) is 0 Å². The number of rotatable bonds is 7. The molecule has 0 radical (unpaired) electrons. The van der Waals surface area contributed by atoms with E-state index < -0.39 is 0 Å². The van der Waals surface area contributed by atoms with Gasteiger partial charge in [-0.3, -0.25) is 4.79 Å². The molecule has 0 saturated heterocycles. The first kappa shape index (κ1) is 16.4. The van der Waals surface area contributed by atoms with Gasteiger partial charge in [0.05, 0.1) is 0 Å². The standard InChI is InChI=1S/C14H25N5O/c1-5-8-19(10-14(2,3)9-15)12-7-6-11(17-18-12)13(20)16-4/h6-7H,5,8-10,15H2,1-4H3,(H,16,20). The van der Waals surface area contributed by atoms with Crippen LogP contribution in [0, 0.1) is 5.41 Å². The Hall–Kier alpha value is -1.69. The van der Waals surface area contributed by atoms with Gasteiger partial charge in [0, 0.05) is 20.1 Å². The van der Waals surface area contributed by atoms with E-state index >= 15 is 0 Å². The van der Waals surface area contributed by atoms with Crippen molar-refractivity contribution < 1.29 is 4.79 Å². The quantitative estimate of drug-likeness (QED) is 0.779. The molecule has 1 amide bonds. The zero-order valence-corrected chi connectivity index (χ0v) is 12.8. The molecule has 0 aromatic carbocycles. The molecule has 1 aromatic heterocycles. The Morgan fingerprint density at radius 3 is 2.55 bits per heavy atom. The molecule has 6 heteroatoms. The Bertz CT molecular complexity index is 430. The fraction of sp³-hybridized carbons (Fsp3) is 0.643. The van der Waals surface area contributed by atoms with Gasteiger partial charge < -0.3 is 16.0 Å². The summed E-state index contributed by atoms with van der Waals surface area (Å²) in [6, 6.07) is 3.53. The van der Waals surface area contributed by atoms with Crippen molar-refractivity contribution in [1.82, 2.24) is 15.5 Å². The average Bonchev–Trinajstić information content (AvgIpc) is 2.46. The Labute approximate surface area is 120 Å². The van der Waals surface area contributed by atoms with Gasteiger partial charge in [-0.05, 0) is 30.5 Å². The molecule has 0 spiro atoms. The Morgan fingerprint density at radius 1 is 1.40 bits per heavy atom. The van der Waals surface area contributed by atoms with Gasteiger partial charge in [0.15, 0.2) is 11.5 Å². The molecular formula is C14H25N5O. The fourth-order valence-corrected chi connectivity index (χ4v) is 1.87. The van der Waals surface area contributed by atoms with Crippen LogP contribution in [0.5, 0.6) is 0 Å². The first-order valence-electron chi connectivity index (χ1n) is 6.94. The molecule has 0 aliphatic heterocycles. The molecule has 6 nitrogen and oxygen atoms in total. The van der Waals surface area contributed by atoms with Crippen molar-refractivity contribution in [2.24, 2.45) is 11.1 Å². The van der Waals surface area contributed by atoms with Gasteiger partial charge in [0.1, 0.15) is 0 Å². The number of carbonyl (C=O) groups is 1. The summed E-state index contributed by atoms with van der Waals surface area (Å²) in [5.41, 5.74) is 6.13. The van der Waals surface area contributed by atoms with Gasteiger partial charge >= 0.3 is 0 Å². The van der Waals surface area contributed by atoms with Crippen LogP contribution >= 0.6 is 0 Å². The maximum atomic E-state index is 11.5. The number of aromatic nitrogens is 2. The summed E-state index contributed by atoms with van der Waals surface area (Å²) in [4.78, 5) is 13.6. The third kappa shape index (κ3) is 4.45. The number of hydrogen-bond donors (Lipinski definition) is 2. The molecule has 0 fully saturated rings. The molecule has 20 heavy (non-hydrogen) atoms. The highest BCUT2D eigenvalue weighted by atomic mass is 16.1.